The van der Waals surface area contributed by atoms with Crippen LogP contribution in [-0.4, -0.2) is 25.1 Å². The van der Waals surface area contributed by atoms with Crippen molar-refractivity contribution in [2.75, 3.05) is 12.4 Å². The molecule has 0 atom stereocenters. The van der Waals surface area contributed by atoms with Crippen molar-refractivity contribution in [2.24, 2.45) is 0 Å². The lowest BCUT2D eigenvalue weighted by molar-refractivity contribution is 0.463. The largest absolute Gasteiger partial charge is 0.744 e. The quantitative estimate of drug-likeness (QED) is 0.604. The van der Waals surface area contributed by atoms with E-state index in [1.165, 1.54) is 18.2 Å². The summed E-state index contributed by atoms with van der Waals surface area (Å²) < 4.78 is 32.3. The highest BCUT2D eigenvalue weighted by Gasteiger charge is 2.05. The van der Waals surface area contributed by atoms with Gasteiger partial charge in [0.25, 0.3) is 0 Å². The van der Waals surface area contributed by atoms with Crippen LogP contribution in [0, 0.1) is 6.92 Å². The third kappa shape index (κ3) is 3.16. The van der Waals surface area contributed by atoms with Gasteiger partial charge in [0.15, 0.2) is 5.11 Å². The van der Waals surface area contributed by atoms with Crippen molar-refractivity contribution < 1.29 is 13.0 Å². The van der Waals surface area contributed by atoms with Crippen molar-refractivity contribution in [1.82, 2.24) is 5.32 Å². The van der Waals surface area contributed by atoms with Crippen LogP contribution in [0.15, 0.2) is 23.1 Å². The summed E-state index contributed by atoms with van der Waals surface area (Å²) >= 11 is 4.90. The smallest absolute Gasteiger partial charge is 0.170 e. The molecule has 1 aromatic carbocycles. The molecule has 0 aliphatic rings. The Morgan fingerprint density at radius 3 is 2.50 bits per heavy atom. The molecule has 1 aromatic rings. The number of anilines is 1. The van der Waals surface area contributed by atoms with Gasteiger partial charge in [0, 0.05) is 12.7 Å². The first-order valence-corrected chi connectivity index (χ1v) is 6.21. The number of hydrogen-bond donors (Lipinski definition) is 2. The van der Waals surface area contributed by atoms with Crippen LogP contribution >= 0.6 is 12.2 Å². The van der Waals surface area contributed by atoms with Gasteiger partial charge < -0.3 is 15.2 Å². The van der Waals surface area contributed by atoms with Gasteiger partial charge in [0.05, 0.1) is 4.90 Å². The van der Waals surface area contributed by atoms with Gasteiger partial charge in [0.1, 0.15) is 10.1 Å². The Bertz CT molecular complexity index is 511. The van der Waals surface area contributed by atoms with Crippen LogP contribution < -0.4 is 10.6 Å². The topological polar surface area (TPSA) is 81.3 Å². The van der Waals surface area contributed by atoms with E-state index in [1.54, 1.807) is 14.0 Å². The van der Waals surface area contributed by atoms with Crippen LogP contribution in [0.2, 0.25) is 0 Å². The van der Waals surface area contributed by atoms with Gasteiger partial charge in [-0.2, -0.15) is 0 Å². The van der Waals surface area contributed by atoms with Gasteiger partial charge in [-0.1, -0.05) is 0 Å². The van der Waals surface area contributed by atoms with Gasteiger partial charge in [-0.15, -0.1) is 0 Å². The van der Waals surface area contributed by atoms with E-state index in [4.69, 9.17) is 12.2 Å². The second-order valence-electron chi connectivity index (χ2n) is 3.13. The Kier molecular flexibility index (Phi) is 3.84. The Morgan fingerprint density at radius 2 is 2.06 bits per heavy atom. The molecule has 0 bridgehead atoms. The molecule has 7 heteroatoms. The van der Waals surface area contributed by atoms with Crippen molar-refractivity contribution in [3.05, 3.63) is 23.8 Å². The molecule has 16 heavy (non-hydrogen) atoms. The molecule has 0 radical (unpaired) electrons. The maximum atomic E-state index is 10.8. The Hall–Kier alpha value is -1.18. The van der Waals surface area contributed by atoms with Crippen molar-refractivity contribution in [3.8, 4) is 0 Å². The number of thiocarbonyl (C=S) groups is 1. The van der Waals surface area contributed by atoms with Crippen molar-refractivity contribution in [1.29, 1.82) is 0 Å². The van der Waals surface area contributed by atoms with Crippen LogP contribution in [0.1, 0.15) is 5.56 Å². The zero-order chi connectivity index (χ0) is 12.3. The number of hydrogen-bond acceptors (Lipinski definition) is 4. The van der Waals surface area contributed by atoms with E-state index < -0.39 is 10.1 Å². The lowest BCUT2D eigenvalue weighted by Crippen LogP contribution is -2.24. The minimum absolute atomic E-state index is 0.245. The lowest BCUT2D eigenvalue weighted by Gasteiger charge is -2.13. The van der Waals surface area contributed by atoms with E-state index in [0.29, 0.717) is 16.4 Å². The molecule has 0 saturated heterocycles. The normalized spacial score (nSPS) is 10.9. The fourth-order valence-corrected chi connectivity index (χ4v) is 1.78. The molecular weight excluding hydrogens is 248 g/mol. The molecule has 0 aromatic heterocycles. The summed E-state index contributed by atoms with van der Waals surface area (Å²) in [5.41, 5.74) is 1.29. The zero-order valence-corrected chi connectivity index (χ0v) is 10.4. The highest BCUT2D eigenvalue weighted by Crippen LogP contribution is 2.19. The first-order chi connectivity index (χ1) is 7.34. The lowest BCUT2D eigenvalue weighted by atomic mass is 10.2. The second kappa shape index (κ2) is 4.77. The van der Waals surface area contributed by atoms with Gasteiger partial charge >= 0.3 is 0 Å². The SMILES string of the molecule is CNC(=S)Nc1ccc(S(=O)(=O)[O-])cc1C. The molecule has 2 N–H and O–H groups in total. The predicted octanol–water partition coefficient (Wildman–Crippen LogP) is 0.815. The number of benzene rings is 1. The average molecular weight is 259 g/mol. The molecule has 88 valence electrons. The molecule has 0 heterocycles. The minimum Gasteiger partial charge on any atom is -0.744 e. The Morgan fingerprint density at radius 1 is 1.44 bits per heavy atom. The predicted molar refractivity (Wildman–Crippen MR) is 64.4 cm³/mol. The van der Waals surface area contributed by atoms with Gasteiger partial charge in [-0.3, -0.25) is 0 Å². The molecule has 0 fully saturated rings. The van der Waals surface area contributed by atoms with E-state index in [0.717, 1.165) is 0 Å². The molecule has 0 spiro atoms. The van der Waals surface area contributed by atoms with Gasteiger partial charge in [-0.05, 0) is 42.9 Å². The minimum atomic E-state index is -4.40. The molecule has 0 unspecified atom stereocenters. The first-order valence-electron chi connectivity index (χ1n) is 4.40. The molecule has 0 amide bonds. The number of aryl methyl sites for hydroxylation is 1. The van der Waals surface area contributed by atoms with E-state index in [2.05, 4.69) is 10.6 Å². The number of nitrogens with one attached hydrogen (secondary N) is 2. The fraction of sp³-hybridized carbons (Fsp3) is 0.222. The molecule has 1 rings (SSSR count). The average Bonchev–Trinajstić information content (AvgIpc) is 2.19. The first kappa shape index (κ1) is 12.9. The van der Waals surface area contributed by atoms with Crippen LogP contribution in [0.25, 0.3) is 0 Å². The maximum absolute atomic E-state index is 10.8. The van der Waals surface area contributed by atoms with Crippen LogP contribution in [0.3, 0.4) is 0 Å². The summed E-state index contributed by atoms with van der Waals surface area (Å²) in [5, 5.41) is 6.01. The van der Waals surface area contributed by atoms with E-state index >= 15 is 0 Å². The van der Waals surface area contributed by atoms with Crippen LogP contribution in [0.4, 0.5) is 5.69 Å². The summed E-state index contributed by atoms with van der Waals surface area (Å²) in [4.78, 5) is -0.245. The van der Waals surface area contributed by atoms with E-state index in [9.17, 15) is 13.0 Å². The number of rotatable bonds is 2. The van der Waals surface area contributed by atoms with Crippen molar-refractivity contribution in [3.63, 3.8) is 0 Å². The Balaban J connectivity index is 3.06. The highest BCUT2D eigenvalue weighted by molar-refractivity contribution is 7.85. The third-order valence-corrected chi connectivity index (χ3v) is 3.10. The summed E-state index contributed by atoms with van der Waals surface area (Å²) in [7, 11) is -2.73. The second-order valence-corrected chi connectivity index (χ2v) is 4.92. The highest BCUT2D eigenvalue weighted by atomic mass is 32.2. The van der Waals surface area contributed by atoms with Gasteiger partial charge in [0.2, 0.25) is 0 Å². The van der Waals surface area contributed by atoms with Crippen LogP contribution in [-0.2, 0) is 10.1 Å². The summed E-state index contributed by atoms with van der Waals surface area (Å²) in [6.07, 6.45) is 0. The molecular formula is C9H11N2O3S2-. The van der Waals surface area contributed by atoms with Crippen molar-refractivity contribution in [2.45, 2.75) is 11.8 Å². The summed E-state index contributed by atoms with van der Waals surface area (Å²) in [6, 6.07) is 4.06. The van der Waals surface area contributed by atoms with Crippen molar-refractivity contribution >= 4 is 33.1 Å². The molecule has 0 aliphatic carbocycles. The fourth-order valence-electron chi connectivity index (χ4n) is 1.12. The van der Waals surface area contributed by atoms with Crippen LogP contribution in [0.5, 0.6) is 0 Å². The molecule has 5 nitrogen and oxygen atoms in total. The van der Waals surface area contributed by atoms with Gasteiger partial charge in [-0.25, -0.2) is 8.42 Å². The standard InChI is InChI=1S/C9H12N2O3S2/c1-6-5-7(16(12,13)14)3-4-8(6)11-9(15)10-2/h3-5H,1-2H3,(H2,10,11,15)(H,12,13,14)/p-1. The summed E-state index contributed by atoms with van der Waals surface area (Å²) in [5.74, 6) is 0. The molecule has 0 aliphatic heterocycles. The van der Waals surface area contributed by atoms with E-state index in [-0.39, 0.29) is 4.90 Å². The Labute approximate surface area is 99.6 Å². The zero-order valence-electron chi connectivity index (χ0n) is 8.77. The summed E-state index contributed by atoms with van der Waals surface area (Å²) in [6.45, 7) is 1.69. The maximum Gasteiger partial charge on any atom is 0.170 e. The molecule has 0 saturated carbocycles. The van der Waals surface area contributed by atoms with E-state index in [1.807, 2.05) is 0 Å². The third-order valence-electron chi connectivity index (χ3n) is 1.96. The monoisotopic (exact) mass is 259 g/mol.